The van der Waals surface area contributed by atoms with E-state index in [1.807, 2.05) is 19.3 Å². The van der Waals surface area contributed by atoms with Crippen molar-refractivity contribution in [3.05, 3.63) is 12.0 Å². The summed E-state index contributed by atoms with van der Waals surface area (Å²) in [5, 5.41) is 1.89. The number of thioether (sulfide) groups is 1. The van der Waals surface area contributed by atoms with Crippen molar-refractivity contribution in [3.8, 4) is 0 Å². The van der Waals surface area contributed by atoms with E-state index in [9.17, 15) is 0 Å². The van der Waals surface area contributed by atoms with Gasteiger partial charge in [0.2, 0.25) is 0 Å². The molecule has 1 atom stereocenters. The Morgan fingerprint density at radius 2 is 1.43 bits per heavy atom. The highest BCUT2D eigenvalue weighted by atomic mass is 32.2. The largest absolute Gasteiger partial charge is 0.515 e. The molecule has 0 saturated heterocycles. The van der Waals surface area contributed by atoms with Gasteiger partial charge in [0.05, 0.1) is 31.3 Å². The highest BCUT2D eigenvalue weighted by Crippen LogP contribution is 2.32. The normalized spacial score (nSPS) is 13.6. The summed E-state index contributed by atoms with van der Waals surface area (Å²) in [6.45, 7) is 21.4. The van der Waals surface area contributed by atoms with Crippen LogP contribution in [0.15, 0.2) is 12.0 Å². The average molecular weight is 453 g/mol. The van der Waals surface area contributed by atoms with Crippen LogP contribution in [0.4, 0.5) is 0 Å². The summed E-state index contributed by atoms with van der Waals surface area (Å²) in [6.07, 6.45) is 3.28. The van der Waals surface area contributed by atoms with Crippen LogP contribution in [-0.2, 0) is 22.8 Å². The summed E-state index contributed by atoms with van der Waals surface area (Å²) in [7, 11) is -4.00. The van der Waals surface area contributed by atoms with Crippen molar-refractivity contribution in [1.29, 1.82) is 0 Å². The maximum atomic E-state index is 6.31. The van der Waals surface area contributed by atoms with E-state index < -0.39 is 16.9 Å². The minimum absolute atomic E-state index is 0.175. The van der Waals surface area contributed by atoms with Crippen LogP contribution in [0.1, 0.15) is 40.0 Å². The quantitative estimate of drug-likeness (QED) is 0.183. The van der Waals surface area contributed by atoms with Gasteiger partial charge in [0.15, 0.2) is 0 Å². The molecule has 0 rings (SSSR count). The molecule has 0 aromatic rings. The summed E-state index contributed by atoms with van der Waals surface area (Å²) in [5.74, 6) is 0. The molecule has 0 radical (unpaired) electrons. The Hall–Kier alpha value is 0.324. The lowest BCUT2D eigenvalue weighted by Gasteiger charge is -2.35. The molecular formula is C20H44O5SSi2. The third-order valence-corrected chi connectivity index (χ3v) is 10.9. The number of hydrogen-bond acceptors (Lipinski definition) is 6. The maximum Gasteiger partial charge on any atom is 0.515 e. The van der Waals surface area contributed by atoms with Crippen molar-refractivity contribution in [2.24, 2.45) is 0 Å². The van der Waals surface area contributed by atoms with Crippen molar-refractivity contribution < 1.29 is 22.8 Å². The van der Waals surface area contributed by atoms with Gasteiger partial charge in [-0.2, -0.15) is 0 Å². The second kappa shape index (κ2) is 17.1. The van der Waals surface area contributed by atoms with Crippen LogP contribution >= 0.6 is 11.8 Å². The van der Waals surface area contributed by atoms with Crippen molar-refractivity contribution in [1.82, 2.24) is 0 Å². The molecule has 1 unspecified atom stereocenters. The third-order valence-electron chi connectivity index (χ3n) is 4.05. The predicted octanol–water partition coefficient (Wildman–Crippen LogP) is 5.36. The zero-order valence-electron chi connectivity index (χ0n) is 19.1. The maximum absolute atomic E-state index is 6.31. The molecule has 0 saturated carbocycles. The van der Waals surface area contributed by atoms with Crippen LogP contribution < -0.4 is 0 Å². The molecule has 0 aliphatic rings. The van der Waals surface area contributed by atoms with E-state index in [0.29, 0.717) is 39.6 Å². The van der Waals surface area contributed by atoms with Crippen molar-refractivity contribution in [2.45, 2.75) is 70.6 Å². The lowest BCUT2D eigenvalue weighted by molar-refractivity contribution is 0.0115. The van der Waals surface area contributed by atoms with Gasteiger partial charge in [-0.15, -0.1) is 11.8 Å². The molecule has 0 aliphatic heterocycles. The monoisotopic (exact) mass is 452 g/mol. The van der Waals surface area contributed by atoms with Crippen LogP contribution in [0.3, 0.4) is 0 Å². The van der Waals surface area contributed by atoms with Gasteiger partial charge in [-0.1, -0.05) is 45.6 Å². The van der Waals surface area contributed by atoms with E-state index in [1.165, 1.54) is 6.04 Å². The van der Waals surface area contributed by atoms with Gasteiger partial charge in [-0.3, -0.25) is 0 Å². The zero-order valence-corrected chi connectivity index (χ0v) is 21.9. The first kappa shape index (κ1) is 28.3. The number of rotatable bonds is 20. The highest BCUT2D eigenvalue weighted by Gasteiger charge is 2.49. The van der Waals surface area contributed by atoms with Gasteiger partial charge in [0.1, 0.15) is 0 Å². The lowest BCUT2D eigenvalue weighted by atomic mass is 10.4. The zero-order chi connectivity index (χ0) is 21.3. The molecule has 0 bridgehead atoms. The molecule has 168 valence electrons. The van der Waals surface area contributed by atoms with Crippen molar-refractivity contribution >= 4 is 28.6 Å². The molecular weight excluding hydrogens is 408 g/mol. The van der Waals surface area contributed by atoms with Crippen LogP contribution in [0.5, 0.6) is 0 Å². The van der Waals surface area contributed by atoms with E-state index in [1.54, 1.807) is 11.8 Å². The van der Waals surface area contributed by atoms with Crippen molar-refractivity contribution in [2.75, 3.05) is 46.2 Å². The second-order valence-corrected chi connectivity index (χ2v) is 17.8. The summed E-state index contributed by atoms with van der Waals surface area (Å²) in [5.41, 5.74) is 0. The van der Waals surface area contributed by atoms with Crippen LogP contribution in [0, 0.1) is 0 Å². The molecule has 0 aromatic carbocycles. The molecule has 5 nitrogen and oxygen atoms in total. The van der Waals surface area contributed by atoms with Gasteiger partial charge in [-0.25, -0.2) is 0 Å². The SMILES string of the molecule is C=CSC(CC[Si](C)(C)C)[Si](OCC)(OCC)OCCOCCOCCCC. The molecule has 0 amide bonds. The Kier molecular flexibility index (Phi) is 17.2. The fraction of sp³-hybridized carbons (Fsp3) is 0.900. The van der Waals surface area contributed by atoms with Gasteiger partial charge in [0.25, 0.3) is 0 Å². The van der Waals surface area contributed by atoms with Crippen molar-refractivity contribution in [3.63, 3.8) is 0 Å². The van der Waals surface area contributed by atoms with Gasteiger partial charge in [-0.05, 0) is 32.1 Å². The molecule has 8 heteroatoms. The molecule has 0 aliphatic carbocycles. The lowest BCUT2D eigenvalue weighted by Crippen LogP contribution is -2.56. The van der Waals surface area contributed by atoms with E-state index in [0.717, 1.165) is 25.9 Å². The molecule has 0 spiro atoms. The Morgan fingerprint density at radius 1 is 0.857 bits per heavy atom. The minimum atomic E-state index is -2.83. The standard InChI is InChI=1S/C20H44O5SSi2/c1-8-12-14-21-15-16-22-17-18-25-28(23-9-2,24-10-3)20(26-11-4)13-19-27(5,6)7/h11,20H,4,8-10,12-19H2,1-3,5-7H3. The van der Waals surface area contributed by atoms with Gasteiger partial charge in [0, 0.05) is 27.9 Å². The number of hydrogen-bond donors (Lipinski definition) is 0. The number of unbranched alkanes of at least 4 members (excludes halogenated alkanes) is 1. The average Bonchev–Trinajstić information content (AvgIpc) is 2.63. The topological polar surface area (TPSA) is 46.2 Å². The fourth-order valence-electron chi connectivity index (χ4n) is 2.63. The fourth-order valence-corrected chi connectivity index (χ4v) is 8.81. The Labute approximate surface area is 180 Å². The Bertz CT molecular complexity index is 374. The first-order chi connectivity index (χ1) is 13.3. The summed E-state index contributed by atoms with van der Waals surface area (Å²) >= 11 is 1.70. The summed E-state index contributed by atoms with van der Waals surface area (Å²) < 4.78 is 29.9. The first-order valence-corrected chi connectivity index (χ1v) is 17.1. The predicted molar refractivity (Wildman–Crippen MR) is 126 cm³/mol. The van der Waals surface area contributed by atoms with E-state index in [4.69, 9.17) is 22.8 Å². The molecule has 0 fully saturated rings. The van der Waals surface area contributed by atoms with E-state index in [2.05, 4.69) is 33.1 Å². The molecule has 0 aromatic heterocycles. The van der Waals surface area contributed by atoms with Gasteiger partial charge < -0.3 is 22.8 Å². The van der Waals surface area contributed by atoms with Gasteiger partial charge >= 0.3 is 8.80 Å². The van der Waals surface area contributed by atoms with Crippen LogP contribution in [-0.4, -0.2) is 68.0 Å². The Morgan fingerprint density at radius 3 is 1.93 bits per heavy atom. The Balaban J connectivity index is 4.70. The molecule has 0 N–H and O–H groups in total. The smallest absolute Gasteiger partial charge is 0.379 e. The second-order valence-electron chi connectivity index (χ2n) is 7.79. The third kappa shape index (κ3) is 13.5. The van der Waals surface area contributed by atoms with Crippen LogP contribution in [0.25, 0.3) is 0 Å². The number of ether oxygens (including phenoxy) is 2. The first-order valence-electron chi connectivity index (χ1n) is 10.7. The minimum Gasteiger partial charge on any atom is -0.379 e. The molecule has 0 heterocycles. The van der Waals surface area contributed by atoms with Crippen LogP contribution in [0.2, 0.25) is 25.7 Å². The highest BCUT2D eigenvalue weighted by molar-refractivity contribution is 8.04. The summed E-state index contributed by atoms with van der Waals surface area (Å²) in [6, 6.07) is 1.21. The summed E-state index contributed by atoms with van der Waals surface area (Å²) in [4.78, 5) is 0.175. The van der Waals surface area contributed by atoms with E-state index >= 15 is 0 Å². The molecule has 28 heavy (non-hydrogen) atoms. The van der Waals surface area contributed by atoms with E-state index in [-0.39, 0.29) is 4.87 Å².